The summed E-state index contributed by atoms with van der Waals surface area (Å²) in [5.41, 5.74) is 7.13. The van der Waals surface area contributed by atoms with Crippen molar-refractivity contribution in [3.8, 4) is 0 Å². The van der Waals surface area contributed by atoms with Gasteiger partial charge in [0.05, 0.1) is 5.02 Å². The lowest BCUT2D eigenvalue weighted by molar-refractivity contribution is 0.299. The average molecular weight is 239 g/mol. The number of rotatable bonds is 2. The number of anilines is 1. The molecule has 16 heavy (non-hydrogen) atoms. The van der Waals surface area contributed by atoms with Gasteiger partial charge in [-0.15, -0.1) is 0 Å². The van der Waals surface area contributed by atoms with E-state index >= 15 is 0 Å². The van der Waals surface area contributed by atoms with Gasteiger partial charge in [0.1, 0.15) is 5.82 Å². The van der Waals surface area contributed by atoms with Gasteiger partial charge in [0, 0.05) is 6.20 Å². The van der Waals surface area contributed by atoms with Crippen LogP contribution in [-0.4, -0.2) is 4.98 Å². The Kier molecular flexibility index (Phi) is 3.70. The molecule has 88 valence electrons. The molecule has 0 amide bonds. The minimum absolute atomic E-state index is 0.560. The number of nitrogens with two attached hydrogens (primary N) is 1. The Bertz CT molecular complexity index is 365. The molecule has 1 saturated carbocycles. The number of halogens is 1. The maximum atomic E-state index is 6.01. The molecule has 2 atom stereocenters. The molecule has 2 N–H and O–H groups in total. The molecule has 1 aromatic rings. The highest BCUT2D eigenvalue weighted by molar-refractivity contribution is 6.30. The quantitative estimate of drug-likeness (QED) is 0.846. The van der Waals surface area contributed by atoms with Crippen LogP contribution < -0.4 is 5.73 Å². The Morgan fingerprint density at radius 1 is 1.44 bits per heavy atom. The van der Waals surface area contributed by atoms with Gasteiger partial charge in [0.15, 0.2) is 0 Å². The second-order valence-electron chi connectivity index (χ2n) is 4.69. The van der Waals surface area contributed by atoms with Crippen molar-refractivity contribution in [3.05, 3.63) is 22.8 Å². The van der Waals surface area contributed by atoms with Crippen LogP contribution in [0.3, 0.4) is 0 Å². The molecule has 1 aliphatic rings. The van der Waals surface area contributed by atoms with E-state index in [1.54, 1.807) is 6.20 Å². The zero-order valence-corrected chi connectivity index (χ0v) is 10.5. The first-order valence-corrected chi connectivity index (χ1v) is 6.51. The van der Waals surface area contributed by atoms with Crippen molar-refractivity contribution in [2.45, 2.75) is 44.9 Å². The van der Waals surface area contributed by atoms with Crippen molar-refractivity contribution in [2.24, 2.45) is 5.92 Å². The lowest BCUT2D eigenvalue weighted by atomic mass is 9.74. The summed E-state index contributed by atoms with van der Waals surface area (Å²) in [6.07, 6.45) is 8.04. The molecule has 0 aliphatic heterocycles. The highest BCUT2D eigenvalue weighted by Crippen LogP contribution is 2.41. The van der Waals surface area contributed by atoms with E-state index in [9.17, 15) is 0 Å². The summed E-state index contributed by atoms with van der Waals surface area (Å²) in [4.78, 5) is 4.17. The van der Waals surface area contributed by atoms with E-state index < -0.39 is 0 Å². The molecule has 0 saturated heterocycles. The molecule has 2 rings (SSSR count). The molecule has 2 nitrogen and oxygen atoms in total. The fraction of sp³-hybridized carbons (Fsp3) is 0.615. The number of hydrogen-bond acceptors (Lipinski definition) is 2. The first-order valence-electron chi connectivity index (χ1n) is 6.13. The molecular weight excluding hydrogens is 220 g/mol. The van der Waals surface area contributed by atoms with Crippen LogP contribution >= 0.6 is 11.6 Å². The van der Waals surface area contributed by atoms with Gasteiger partial charge in [-0.3, -0.25) is 0 Å². The van der Waals surface area contributed by atoms with Crippen molar-refractivity contribution in [1.29, 1.82) is 0 Å². The van der Waals surface area contributed by atoms with Gasteiger partial charge in [0.25, 0.3) is 0 Å². The molecule has 1 aromatic heterocycles. The van der Waals surface area contributed by atoms with E-state index in [0.29, 0.717) is 16.8 Å². The minimum Gasteiger partial charge on any atom is -0.383 e. The van der Waals surface area contributed by atoms with E-state index in [4.69, 9.17) is 17.3 Å². The number of aromatic nitrogens is 1. The van der Waals surface area contributed by atoms with Gasteiger partial charge in [0.2, 0.25) is 0 Å². The van der Waals surface area contributed by atoms with Crippen molar-refractivity contribution in [3.63, 3.8) is 0 Å². The van der Waals surface area contributed by atoms with Crippen LogP contribution in [0.25, 0.3) is 0 Å². The van der Waals surface area contributed by atoms with Crippen LogP contribution in [0.2, 0.25) is 5.02 Å². The Morgan fingerprint density at radius 2 is 2.19 bits per heavy atom. The van der Waals surface area contributed by atoms with Crippen LogP contribution in [0.4, 0.5) is 5.82 Å². The Balaban J connectivity index is 2.30. The number of nitrogen functional groups attached to an aromatic ring is 1. The van der Waals surface area contributed by atoms with E-state index in [1.807, 2.05) is 6.07 Å². The smallest absolute Gasteiger partial charge is 0.126 e. The Morgan fingerprint density at radius 3 is 2.94 bits per heavy atom. The summed E-state index contributed by atoms with van der Waals surface area (Å²) < 4.78 is 0. The SMILES string of the molecule is CCC1CCCCC1c1cc(Cl)cnc1N. The second-order valence-corrected chi connectivity index (χ2v) is 5.12. The summed E-state index contributed by atoms with van der Waals surface area (Å²) in [7, 11) is 0. The summed E-state index contributed by atoms with van der Waals surface area (Å²) in [6.45, 7) is 2.26. The number of hydrogen-bond donors (Lipinski definition) is 1. The Labute approximate surface area is 102 Å². The molecule has 1 aliphatic carbocycles. The molecule has 2 unspecified atom stereocenters. The second kappa shape index (κ2) is 5.05. The minimum atomic E-state index is 0.560. The molecule has 0 aromatic carbocycles. The predicted octanol–water partition coefficient (Wildman–Crippen LogP) is 4.00. The lowest BCUT2D eigenvalue weighted by Gasteiger charge is -2.31. The maximum absolute atomic E-state index is 6.01. The van der Waals surface area contributed by atoms with Gasteiger partial charge in [-0.2, -0.15) is 0 Å². The molecule has 1 heterocycles. The van der Waals surface area contributed by atoms with Crippen LogP contribution in [0, 0.1) is 5.92 Å². The summed E-state index contributed by atoms with van der Waals surface area (Å²) >= 11 is 6.01. The summed E-state index contributed by atoms with van der Waals surface area (Å²) in [5, 5.41) is 0.699. The normalized spacial score (nSPS) is 25.6. The van der Waals surface area contributed by atoms with E-state index in [0.717, 1.165) is 5.92 Å². The Hall–Kier alpha value is -0.760. The summed E-state index contributed by atoms with van der Waals surface area (Å²) in [5.74, 6) is 1.97. The number of pyridine rings is 1. The number of nitrogens with zero attached hydrogens (tertiary/aromatic N) is 1. The summed E-state index contributed by atoms with van der Waals surface area (Å²) in [6, 6.07) is 2.00. The fourth-order valence-corrected chi connectivity index (χ4v) is 3.03. The van der Waals surface area contributed by atoms with E-state index in [2.05, 4.69) is 11.9 Å². The van der Waals surface area contributed by atoms with Crippen molar-refractivity contribution in [1.82, 2.24) is 4.98 Å². The van der Waals surface area contributed by atoms with Gasteiger partial charge in [-0.25, -0.2) is 4.98 Å². The molecule has 0 radical (unpaired) electrons. The first kappa shape index (κ1) is 11.7. The van der Waals surface area contributed by atoms with Crippen molar-refractivity contribution in [2.75, 3.05) is 5.73 Å². The third kappa shape index (κ3) is 2.32. The van der Waals surface area contributed by atoms with Crippen LogP contribution in [0.5, 0.6) is 0 Å². The lowest BCUT2D eigenvalue weighted by Crippen LogP contribution is -2.18. The monoisotopic (exact) mass is 238 g/mol. The average Bonchev–Trinajstić information content (AvgIpc) is 2.32. The first-order chi connectivity index (χ1) is 7.72. The molecule has 1 fully saturated rings. The largest absolute Gasteiger partial charge is 0.383 e. The van der Waals surface area contributed by atoms with Crippen LogP contribution in [-0.2, 0) is 0 Å². The van der Waals surface area contributed by atoms with Crippen LogP contribution in [0.15, 0.2) is 12.3 Å². The highest BCUT2D eigenvalue weighted by atomic mass is 35.5. The maximum Gasteiger partial charge on any atom is 0.126 e. The van der Waals surface area contributed by atoms with Crippen LogP contribution in [0.1, 0.15) is 50.5 Å². The van der Waals surface area contributed by atoms with Crippen molar-refractivity contribution >= 4 is 17.4 Å². The third-order valence-electron chi connectivity index (χ3n) is 3.75. The predicted molar refractivity (Wildman–Crippen MR) is 68.6 cm³/mol. The molecular formula is C13H19ClN2. The van der Waals surface area contributed by atoms with Gasteiger partial charge in [-0.1, -0.05) is 37.8 Å². The molecule has 0 bridgehead atoms. The van der Waals surface area contributed by atoms with Gasteiger partial charge in [-0.05, 0) is 36.3 Å². The zero-order chi connectivity index (χ0) is 11.5. The van der Waals surface area contributed by atoms with Crippen molar-refractivity contribution < 1.29 is 0 Å². The molecule has 3 heteroatoms. The molecule has 0 spiro atoms. The van der Waals surface area contributed by atoms with Gasteiger partial charge >= 0.3 is 0 Å². The third-order valence-corrected chi connectivity index (χ3v) is 3.96. The fourth-order valence-electron chi connectivity index (χ4n) is 2.87. The van der Waals surface area contributed by atoms with E-state index in [-0.39, 0.29) is 0 Å². The van der Waals surface area contributed by atoms with Gasteiger partial charge < -0.3 is 5.73 Å². The highest BCUT2D eigenvalue weighted by Gasteiger charge is 2.27. The zero-order valence-electron chi connectivity index (χ0n) is 9.75. The van der Waals surface area contributed by atoms with E-state index in [1.165, 1.54) is 37.7 Å². The topological polar surface area (TPSA) is 38.9 Å². The standard InChI is InChI=1S/C13H19ClN2/c1-2-9-5-3-4-6-11(9)12-7-10(14)8-16-13(12)15/h7-9,11H,2-6H2,1H3,(H2,15,16).